The predicted molar refractivity (Wildman–Crippen MR) is 91.1 cm³/mol. The summed E-state index contributed by atoms with van der Waals surface area (Å²) in [5.74, 6) is -1.15. The second-order valence-electron chi connectivity index (χ2n) is 6.13. The number of benzene rings is 1. The molecule has 1 saturated heterocycles. The number of halogens is 1. The van der Waals surface area contributed by atoms with Gasteiger partial charge in [-0.05, 0) is 37.5 Å². The molecule has 1 aromatic carbocycles. The first-order valence-electron chi connectivity index (χ1n) is 8.32. The van der Waals surface area contributed by atoms with Crippen LogP contribution in [0.3, 0.4) is 0 Å². The van der Waals surface area contributed by atoms with Gasteiger partial charge in [0.25, 0.3) is 0 Å². The van der Waals surface area contributed by atoms with Crippen LogP contribution < -0.4 is 5.32 Å². The van der Waals surface area contributed by atoms with E-state index < -0.39 is 20.7 Å². The average Bonchev–Trinajstić information content (AvgIpc) is 2.64. The van der Waals surface area contributed by atoms with Crippen molar-refractivity contribution in [2.24, 2.45) is 5.92 Å². The standard InChI is InChI=1S/C17H21FN2O4S/c18-15-7-6-14(19-17(21)13-4-2-1-3-5-13)12-16(15)25(22,23)20-8-10-24-11-9-20/h1-2,6-7,12-13H,3-5,8-11H2,(H,19,21). The fourth-order valence-electron chi connectivity index (χ4n) is 2.98. The van der Waals surface area contributed by atoms with Gasteiger partial charge in [-0.2, -0.15) is 4.31 Å². The summed E-state index contributed by atoms with van der Waals surface area (Å²) < 4.78 is 45.8. The van der Waals surface area contributed by atoms with Crippen LogP contribution in [0, 0.1) is 11.7 Å². The number of hydrogen-bond donors (Lipinski definition) is 1. The molecule has 1 heterocycles. The van der Waals surface area contributed by atoms with Gasteiger partial charge in [0.1, 0.15) is 10.7 Å². The molecule has 3 rings (SSSR count). The molecule has 1 unspecified atom stereocenters. The number of sulfonamides is 1. The summed E-state index contributed by atoms with van der Waals surface area (Å²) in [5.41, 5.74) is 0.285. The molecule has 1 amide bonds. The Morgan fingerprint density at radius 2 is 2.00 bits per heavy atom. The molecular formula is C17H21FN2O4S. The topological polar surface area (TPSA) is 75.7 Å². The highest BCUT2D eigenvalue weighted by atomic mass is 32.2. The number of anilines is 1. The van der Waals surface area contributed by atoms with E-state index in [2.05, 4.69) is 5.32 Å². The minimum atomic E-state index is -3.96. The van der Waals surface area contributed by atoms with Crippen molar-refractivity contribution in [1.29, 1.82) is 0 Å². The van der Waals surface area contributed by atoms with Gasteiger partial charge in [-0.1, -0.05) is 12.2 Å². The Bertz CT molecular complexity index is 773. The van der Waals surface area contributed by atoms with Crippen LogP contribution in [0.25, 0.3) is 0 Å². The SMILES string of the molecule is O=C(Nc1ccc(F)c(S(=O)(=O)N2CCOCC2)c1)C1CC=CCC1. The van der Waals surface area contributed by atoms with Crippen LogP contribution in [0.5, 0.6) is 0 Å². The van der Waals surface area contributed by atoms with E-state index in [9.17, 15) is 17.6 Å². The second-order valence-corrected chi connectivity index (χ2v) is 8.04. The zero-order chi connectivity index (χ0) is 17.9. The lowest BCUT2D eigenvalue weighted by Gasteiger charge is -2.26. The Hall–Kier alpha value is -1.77. The van der Waals surface area contributed by atoms with E-state index in [-0.39, 0.29) is 43.8 Å². The van der Waals surface area contributed by atoms with Crippen molar-refractivity contribution >= 4 is 21.6 Å². The molecule has 136 valence electrons. The summed E-state index contributed by atoms with van der Waals surface area (Å²) in [6.45, 7) is 0.943. The lowest BCUT2D eigenvalue weighted by molar-refractivity contribution is -0.120. The van der Waals surface area contributed by atoms with Crippen molar-refractivity contribution in [3.63, 3.8) is 0 Å². The van der Waals surface area contributed by atoms with E-state index in [0.717, 1.165) is 18.9 Å². The van der Waals surface area contributed by atoms with Crippen molar-refractivity contribution in [3.8, 4) is 0 Å². The van der Waals surface area contributed by atoms with Gasteiger partial charge in [0.05, 0.1) is 13.2 Å². The molecule has 8 heteroatoms. The van der Waals surface area contributed by atoms with Gasteiger partial charge in [-0.3, -0.25) is 4.79 Å². The summed E-state index contributed by atoms with van der Waals surface area (Å²) in [6.07, 6.45) is 6.26. The quantitative estimate of drug-likeness (QED) is 0.826. The van der Waals surface area contributed by atoms with Crippen LogP contribution >= 0.6 is 0 Å². The van der Waals surface area contributed by atoms with E-state index in [0.29, 0.717) is 6.42 Å². The van der Waals surface area contributed by atoms with Crippen LogP contribution in [0.4, 0.5) is 10.1 Å². The van der Waals surface area contributed by atoms with Gasteiger partial charge in [-0.15, -0.1) is 0 Å². The average molecular weight is 368 g/mol. The maximum Gasteiger partial charge on any atom is 0.246 e. The number of rotatable bonds is 4. The van der Waals surface area contributed by atoms with Crippen molar-refractivity contribution in [1.82, 2.24) is 4.31 Å². The summed E-state index contributed by atoms with van der Waals surface area (Å²) in [7, 11) is -3.96. The number of nitrogens with zero attached hydrogens (tertiary/aromatic N) is 1. The zero-order valence-corrected chi connectivity index (χ0v) is 14.6. The maximum absolute atomic E-state index is 14.2. The predicted octanol–water partition coefficient (Wildman–Crippen LogP) is 2.14. The zero-order valence-electron chi connectivity index (χ0n) is 13.8. The molecule has 0 spiro atoms. The number of ether oxygens (including phenoxy) is 1. The normalized spacial score (nSPS) is 21.9. The monoisotopic (exact) mass is 368 g/mol. The minimum Gasteiger partial charge on any atom is -0.379 e. The molecule has 1 N–H and O–H groups in total. The van der Waals surface area contributed by atoms with Gasteiger partial charge in [-0.25, -0.2) is 12.8 Å². The van der Waals surface area contributed by atoms with Gasteiger partial charge >= 0.3 is 0 Å². The molecule has 0 bridgehead atoms. The van der Waals surface area contributed by atoms with Crippen LogP contribution in [-0.2, 0) is 19.6 Å². The molecule has 1 aromatic rings. The van der Waals surface area contributed by atoms with Gasteiger partial charge in [0.2, 0.25) is 15.9 Å². The fraction of sp³-hybridized carbons (Fsp3) is 0.471. The number of allylic oxidation sites excluding steroid dienone is 2. The minimum absolute atomic E-state index is 0.144. The number of nitrogens with one attached hydrogen (secondary N) is 1. The van der Waals surface area contributed by atoms with E-state index >= 15 is 0 Å². The van der Waals surface area contributed by atoms with Crippen molar-refractivity contribution in [2.45, 2.75) is 24.2 Å². The Morgan fingerprint density at radius 3 is 2.68 bits per heavy atom. The molecule has 2 aliphatic rings. The molecule has 1 fully saturated rings. The Labute approximate surface area is 146 Å². The molecule has 1 atom stereocenters. The molecule has 0 aromatic heterocycles. The smallest absolute Gasteiger partial charge is 0.246 e. The molecule has 1 aliphatic heterocycles. The first kappa shape index (κ1) is 18.0. The van der Waals surface area contributed by atoms with E-state index in [1.54, 1.807) is 0 Å². The third-order valence-electron chi connectivity index (χ3n) is 4.43. The molecule has 6 nitrogen and oxygen atoms in total. The number of amides is 1. The molecular weight excluding hydrogens is 347 g/mol. The van der Waals surface area contributed by atoms with Gasteiger partial charge in [0.15, 0.2) is 0 Å². The third-order valence-corrected chi connectivity index (χ3v) is 6.34. The van der Waals surface area contributed by atoms with Crippen molar-refractivity contribution < 1.29 is 22.3 Å². The van der Waals surface area contributed by atoms with Crippen LogP contribution in [-0.4, -0.2) is 44.9 Å². The third kappa shape index (κ3) is 4.08. The van der Waals surface area contributed by atoms with E-state index in [1.165, 1.54) is 16.4 Å². The maximum atomic E-state index is 14.2. The molecule has 1 aliphatic carbocycles. The van der Waals surface area contributed by atoms with Gasteiger partial charge < -0.3 is 10.1 Å². The number of carbonyl (C=O) groups excluding carboxylic acids is 1. The Morgan fingerprint density at radius 1 is 1.24 bits per heavy atom. The van der Waals surface area contributed by atoms with Gasteiger partial charge in [0, 0.05) is 24.7 Å². The van der Waals surface area contributed by atoms with Crippen molar-refractivity contribution in [3.05, 3.63) is 36.2 Å². The first-order chi connectivity index (χ1) is 12.0. The largest absolute Gasteiger partial charge is 0.379 e. The molecule has 0 radical (unpaired) electrons. The van der Waals surface area contributed by atoms with Crippen LogP contribution in [0.1, 0.15) is 19.3 Å². The van der Waals surface area contributed by atoms with Crippen LogP contribution in [0.2, 0.25) is 0 Å². The van der Waals surface area contributed by atoms with Crippen molar-refractivity contribution in [2.75, 3.05) is 31.6 Å². The first-order valence-corrected chi connectivity index (χ1v) is 9.76. The highest BCUT2D eigenvalue weighted by Crippen LogP contribution is 2.25. The van der Waals surface area contributed by atoms with Crippen LogP contribution in [0.15, 0.2) is 35.2 Å². The lowest BCUT2D eigenvalue weighted by Crippen LogP contribution is -2.40. The Kier molecular flexibility index (Phi) is 5.51. The number of hydrogen-bond acceptors (Lipinski definition) is 4. The summed E-state index contributed by atoms with van der Waals surface area (Å²) in [4.78, 5) is 11.9. The fourth-order valence-corrected chi connectivity index (χ4v) is 4.48. The molecule has 25 heavy (non-hydrogen) atoms. The number of morpholine rings is 1. The summed E-state index contributed by atoms with van der Waals surface area (Å²) >= 11 is 0. The number of carbonyl (C=O) groups is 1. The summed E-state index contributed by atoms with van der Waals surface area (Å²) in [5, 5.41) is 2.71. The van der Waals surface area contributed by atoms with E-state index in [4.69, 9.17) is 4.74 Å². The Balaban J connectivity index is 1.80. The van der Waals surface area contributed by atoms with E-state index in [1.807, 2.05) is 12.2 Å². The lowest BCUT2D eigenvalue weighted by atomic mass is 9.93. The highest BCUT2D eigenvalue weighted by molar-refractivity contribution is 7.89. The summed E-state index contributed by atoms with van der Waals surface area (Å²) in [6, 6.07) is 3.64. The highest BCUT2D eigenvalue weighted by Gasteiger charge is 2.29. The second kappa shape index (κ2) is 7.63. The molecule has 0 saturated carbocycles.